The predicted octanol–water partition coefficient (Wildman–Crippen LogP) is 5.07. The third kappa shape index (κ3) is 3.95. The van der Waals surface area contributed by atoms with Crippen LogP contribution in [0.5, 0.6) is 5.75 Å². The van der Waals surface area contributed by atoms with E-state index >= 15 is 0 Å². The van der Waals surface area contributed by atoms with Crippen LogP contribution >= 0.6 is 11.3 Å². The molecule has 0 radical (unpaired) electrons. The van der Waals surface area contributed by atoms with Crippen molar-refractivity contribution in [3.8, 4) is 17.0 Å². The predicted molar refractivity (Wildman–Crippen MR) is 111 cm³/mol. The second-order valence-corrected chi connectivity index (χ2v) is 7.57. The number of anilines is 1. The third-order valence-corrected chi connectivity index (χ3v) is 5.23. The Kier molecular flexibility index (Phi) is 5.07. The summed E-state index contributed by atoms with van der Waals surface area (Å²) < 4.78 is 7.60. The van der Waals surface area contributed by atoms with Crippen molar-refractivity contribution >= 4 is 21.4 Å². The second kappa shape index (κ2) is 7.80. The molecule has 0 saturated heterocycles. The molecule has 4 aromatic rings. The number of nitrogens with one attached hydrogen (secondary N) is 1. The Balaban J connectivity index is 1.42. The number of benzene rings is 2. The summed E-state index contributed by atoms with van der Waals surface area (Å²) in [7, 11) is 0. The average molecular weight is 379 g/mol. The van der Waals surface area contributed by atoms with Gasteiger partial charge in [-0.2, -0.15) is 0 Å². The van der Waals surface area contributed by atoms with Crippen LogP contribution in [0.15, 0.2) is 60.8 Å². The molecule has 1 N–H and O–H groups in total. The number of rotatable bonds is 7. The van der Waals surface area contributed by atoms with E-state index in [9.17, 15) is 0 Å². The van der Waals surface area contributed by atoms with Crippen molar-refractivity contribution in [3.05, 3.63) is 66.4 Å². The van der Waals surface area contributed by atoms with Crippen molar-refractivity contribution in [1.29, 1.82) is 0 Å². The fourth-order valence-corrected chi connectivity index (χ4v) is 3.64. The van der Waals surface area contributed by atoms with Gasteiger partial charge in [-0.1, -0.05) is 67.6 Å². The molecule has 5 nitrogen and oxygen atoms in total. The summed E-state index contributed by atoms with van der Waals surface area (Å²) in [5, 5.41) is 8.81. The zero-order chi connectivity index (χ0) is 18.6. The summed E-state index contributed by atoms with van der Waals surface area (Å²) in [5.41, 5.74) is 3.46. The molecule has 0 bridgehead atoms. The molecule has 6 heteroatoms. The van der Waals surface area contributed by atoms with Crippen LogP contribution in [0.1, 0.15) is 25.3 Å². The van der Waals surface area contributed by atoms with Crippen LogP contribution in [0.4, 0.5) is 5.13 Å². The minimum absolute atomic E-state index is 0.526. The summed E-state index contributed by atoms with van der Waals surface area (Å²) in [4.78, 5) is 5.38. The minimum Gasteiger partial charge on any atom is -0.492 e. The standard InChI is InChI=1S/C21H22N4OS/c1-15(2)16-8-10-17(11-9-16)19-14-23-21-25(19)24-20(27-21)22-12-13-26-18-6-4-3-5-7-18/h3-11,14-15H,12-13H2,1-2H3,(H,22,24). The lowest BCUT2D eigenvalue weighted by Crippen LogP contribution is -2.11. The molecule has 27 heavy (non-hydrogen) atoms. The highest BCUT2D eigenvalue weighted by Crippen LogP contribution is 2.27. The fourth-order valence-electron chi connectivity index (χ4n) is 2.84. The van der Waals surface area contributed by atoms with Gasteiger partial charge >= 0.3 is 0 Å². The van der Waals surface area contributed by atoms with Crippen molar-refractivity contribution in [2.45, 2.75) is 19.8 Å². The third-order valence-electron chi connectivity index (χ3n) is 4.35. The SMILES string of the molecule is CC(C)c1ccc(-c2cnc3sc(NCCOc4ccccc4)nn23)cc1. The summed E-state index contributed by atoms with van der Waals surface area (Å²) in [6.45, 7) is 5.66. The van der Waals surface area contributed by atoms with Gasteiger partial charge in [-0.3, -0.25) is 0 Å². The lowest BCUT2D eigenvalue weighted by atomic mass is 10.0. The maximum absolute atomic E-state index is 5.70. The van der Waals surface area contributed by atoms with Gasteiger partial charge in [0.25, 0.3) is 0 Å². The Morgan fingerprint density at radius 3 is 2.59 bits per heavy atom. The van der Waals surface area contributed by atoms with Gasteiger partial charge in [0.15, 0.2) is 0 Å². The second-order valence-electron chi connectivity index (χ2n) is 6.61. The fraction of sp³-hybridized carbons (Fsp3) is 0.238. The molecule has 4 rings (SSSR count). The number of hydrogen-bond donors (Lipinski definition) is 1. The van der Waals surface area contributed by atoms with E-state index in [1.165, 1.54) is 5.56 Å². The normalized spacial score (nSPS) is 11.2. The lowest BCUT2D eigenvalue weighted by Gasteiger charge is -2.06. The molecule has 0 aliphatic rings. The first kappa shape index (κ1) is 17.5. The van der Waals surface area contributed by atoms with Crippen LogP contribution in [0.2, 0.25) is 0 Å². The number of nitrogens with zero attached hydrogens (tertiary/aromatic N) is 3. The summed E-state index contributed by atoms with van der Waals surface area (Å²) in [5.74, 6) is 1.40. The highest BCUT2D eigenvalue weighted by atomic mass is 32.1. The molecule has 0 aliphatic carbocycles. The molecule has 0 unspecified atom stereocenters. The monoisotopic (exact) mass is 378 g/mol. The number of fused-ring (bicyclic) bond motifs is 1. The highest BCUT2D eigenvalue weighted by molar-refractivity contribution is 7.20. The lowest BCUT2D eigenvalue weighted by molar-refractivity contribution is 0.333. The van der Waals surface area contributed by atoms with Crippen LogP contribution in [0.3, 0.4) is 0 Å². The first-order chi connectivity index (χ1) is 13.2. The number of imidazole rings is 1. The van der Waals surface area contributed by atoms with Gasteiger partial charge < -0.3 is 10.1 Å². The van der Waals surface area contributed by atoms with Gasteiger partial charge in [0.05, 0.1) is 18.4 Å². The maximum atomic E-state index is 5.70. The summed E-state index contributed by atoms with van der Waals surface area (Å²) in [6, 6.07) is 18.4. The Bertz CT molecular complexity index is 1010. The van der Waals surface area contributed by atoms with Crippen molar-refractivity contribution < 1.29 is 4.74 Å². The zero-order valence-electron chi connectivity index (χ0n) is 15.4. The van der Waals surface area contributed by atoms with E-state index in [1.54, 1.807) is 11.3 Å². The van der Waals surface area contributed by atoms with Crippen LogP contribution in [-0.4, -0.2) is 27.7 Å². The minimum atomic E-state index is 0.526. The average Bonchev–Trinajstić information content (AvgIpc) is 3.26. The van der Waals surface area contributed by atoms with E-state index in [0.29, 0.717) is 19.1 Å². The quantitative estimate of drug-likeness (QED) is 0.456. The van der Waals surface area contributed by atoms with Crippen LogP contribution in [0, 0.1) is 0 Å². The number of aromatic nitrogens is 3. The first-order valence-electron chi connectivity index (χ1n) is 9.07. The van der Waals surface area contributed by atoms with Gasteiger partial charge in [-0.15, -0.1) is 5.10 Å². The molecule has 0 spiro atoms. The van der Waals surface area contributed by atoms with Crippen molar-refractivity contribution in [3.63, 3.8) is 0 Å². The Hall–Kier alpha value is -2.86. The molecule has 2 aromatic heterocycles. The molecule has 138 valence electrons. The Labute approximate surface area is 162 Å². The van der Waals surface area contributed by atoms with Gasteiger partial charge in [-0.25, -0.2) is 9.50 Å². The van der Waals surface area contributed by atoms with Crippen LogP contribution in [-0.2, 0) is 0 Å². The number of hydrogen-bond acceptors (Lipinski definition) is 5. The molecule has 0 fully saturated rings. The molecular formula is C21H22N4OS. The Morgan fingerprint density at radius 2 is 1.85 bits per heavy atom. The van der Waals surface area contributed by atoms with Gasteiger partial charge in [0, 0.05) is 5.56 Å². The van der Waals surface area contributed by atoms with E-state index < -0.39 is 0 Å². The molecule has 0 amide bonds. The van der Waals surface area contributed by atoms with E-state index in [2.05, 4.69) is 53.5 Å². The summed E-state index contributed by atoms with van der Waals surface area (Å²) in [6.07, 6.45) is 1.88. The smallest absolute Gasteiger partial charge is 0.214 e. The molecular weight excluding hydrogens is 356 g/mol. The first-order valence-corrected chi connectivity index (χ1v) is 9.89. The molecule has 2 aromatic carbocycles. The van der Waals surface area contributed by atoms with E-state index in [0.717, 1.165) is 27.1 Å². The number of ether oxygens (including phenoxy) is 1. The highest BCUT2D eigenvalue weighted by Gasteiger charge is 2.11. The topological polar surface area (TPSA) is 51.5 Å². The van der Waals surface area contributed by atoms with E-state index in [4.69, 9.17) is 4.74 Å². The number of para-hydroxylation sites is 1. The largest absolute Gasteiger partial charge is 0.492 e. The van der Waals surface area contributed by atoms with Gasteiger partial charge in [0.2, 0.25) is 10.1 Å². The van der Waals surface area contributed by atoms with Crippen molar-refractivity contribution in [2.24, 2.45) is 0 Å². The van der Waals surface area contributed by atoms with Crippen LogP contribution < -0.4 is 10.1 Å². The van der Waals surface area contributed by atoms with Crippen molar-refractivity contribution in [1.82, 2.24) is 14.6 Å². The maximum Gasteiger partial charge on any atom is 0.214 e. The molecule has 0 aliphatic heterocycles. The van der Waals surface area contributed by atoms with E-state index in [1.807, 2.05) is 41.0 Å². The molecule has 0 atom stereocenters. The van der Waals surface area contributed by atoms with Gasteiger partial charge in [0.1, 0.15) is 12.4 Å². The Morgan fingerprint density at radius 1 is 1.07 bits per heavy atom. The van der Waals surface area contributed by atoms with Crippen molar-refractivity contribution in [2.75, 3.05) is 18.5 Å². The van der Waals surface area contributed by atoms with Gasteiger partial charge in [-0.05, 0) is 23.6 Å². The molecule has 0 saturated carbocycles. The zero-order valence-corrected chi connectivity index (χ0v) is 16.2. The van der Waals surface area contributed by atoms with E-state index in [-0.39, 0.29) is 0 Å². The summed E-state index contributed by atoms with van der Waals surface area (Å²) >= 11 is 1.54. The molecule has 2 heterocycles. The van der Waals surface area contributed by atoms with Crippen LogP contribution in [0.25, 0.3) is 16.2 Å².